The molecule has 1 saturated heterocycles. The number of hydrogen-bond donors (Lipinski definition) is 0. The van der Waals surface area contributed by atoms with Gasteiger partial charge in [-0.2, -0.15) is 0 Å². The van der Waals surface area contributed by atoms with E-state index in [1.165, 1.54) is 13.0 Å². The summed E-state index contributed by atoms with van der Waals surface area (Å²) < 4.78 is 22.1. The van der Waals surface area contributed by atoms with Gasteiger partial charge < -0.3 is 18.9 Å². The van der Waals surface area contributed by atoms with Crippen molar-refractivity contribution < 1.29 is 23.7 Å². The third-order valence-corrected chi connectivity index (χ3v) is 3.75. The van der Waals surface area contributed by atoms with Crippen LogP contribution >= 0.6 is 0 Å². The lowest BCUT2D eigenvalue weighted by atomic mass is 10.1. The summed E-state index contributed by atoms with van der Waals surface area (Å²) in [5.41, 5.74) is 0.819. The second-order valence-corrected chi connectivity index (χ2v) is 5.50. The second kappa shape index (κ2) is 9.30. The van der Waals surface area contributed by atoms with E-state index in [0.29, 0.717) is 23.9 Å². The normalized spacial score (nSPS) is 15.5. The number of methoxy groups -OCH3 is 2. The molecule has 0 spiro atoms. The maximum atomic E-state index is 11.1. The molecular weight excluding hydrogens is 310 g/mol. The van der Waals surface area contributed by atoms with Gasteiger partial charge in [-0.25, -0.2) is 0 Å². The Morgan fingerprint density at radius 3 is 2.38 bits per heavy atom. The summed E-state index contributed by atoms with van der Waals surface area (Å²) >= 11 is 0. The minimum atomic E-state index is -0.0150. The molecule has 1 aliphatic rings. The maximum Gasteiger partial charge on any atom is 0.203 e. The van der Waals surface area contributed by atoms with Gasteiger partial charge in [-0.1, -0.05) is 6.08 Å². The first-order valence-corrected chi connectivity index (χ1v) is 8.01. The predicted molar refractivity (Wildman–Crippen MR) is 92.0 cm³/mol. The molecule has 6 heteroatoms. The Kier molecular flexibility index (Phi) is 7.08. The van der Waals surface area contributed by atoms with E-state index in [-0.39, 0.29) is 5.78 Å². The highest BCUT2D eigenvalue weighted by molar-refractivity contribution is 5.91. The zero-order valence-electron chi connectivity index (χ0n) is 14.5. The summed E-state index contributed by atoms with van der Waals surface area (Å²) in [7, 11) is 3.17. The van der Waals surface area contributed by atoms with Crippen LogP contribution in [0.1, 0.15) is 12.5 Å². The molecule has 132 valence electrons. The van der Waals surface area contributed by atoms with Gasteiger partial charge in [-0.3, -0.25) is 9.69 Å². The first kappa shape index (κ1) is 18.3. The average molecular weight is 335 g/mol. The van der Waals surface area contributed by atoms with Crippen molar-refractivity contribution in [2.24, 2.45) is 0 Å². The van der Waals surface area contributed by atoms with E-state index in [2.05, 4.69) is 4.90 Å². The van der Waals surface area contributed by atoms with E-state index < -0.39 is 0 Å². The van der Waals surface area contributed by atoms with Crippen LogP contribution in [0.2, 0.25) is 0 Å². The Bertz CT molecular complexity index is 554. The van der Waals surface area contributed by atoms with E-state index in [1.54, 1.807) is 20.3 Å². The molecule has 0 bridgehead atoms. The maximum absolute atomic E-state index is 11.1. The summed E-state index contributed by atoms with van der Waals surface area (Å²) in [4.78, 5) is 13.4. The molecule has 0 aromatic heterocycles. The Balaban J connectivity index is 2.07. The van der Waals surface area contributed by atoms with Crippen molar-refractivity contribution in [3.05, 3.63) is 23.8 Å². The van der Waals surface area contributed by atoms with Crippen LogP contribution in [0.15, 0.2) is 18.2 Å². The summed E-state index contributed by atoms with van der Waals surface area (Å²) in [6, 6.07) is 3.65. The van der Waals surface area contributed by atoms with Crippen molar-refractivity contribution in [2.75, 3.05) is 53.7 Å². The number of benzene rings is 1. The molecule has 2 rings (SSSR count). The molecule has 6 nitrogen and oxygen atoms in total. The SMILES string of the molecule is COc1cc(/C=C/C(C)=O)cc(OC)c1OCCN1CCOCC1. The van der Waals surface area contributed by atoms with Crippen LogP contribution < -0.4 is 14.2 Å². The lowest BCUT2D eigenvalue weighted by Gasteiger charge is -2.26. The quantitative estimate of drug-likeness (QED) is 0.678. The topological polar surface area (TPSA) is 57.2 Å². The molecule has 1 fully saturated rings. The van der Waals surface area contributed by atoms with Crippen molar-refractivity contribution in [2.45, 2.75) is 6.92 Å². The monoisotopic (exact) mass is 335 g/mol. The molecule has 0 atom stereocenters. The number of carbonyl (C=O) groups is 1. The lowest BCUT2D eigenvalue weighted by molar-refractivity contribution is -0.112. The van der Waals surface area contributed by atoms with Crippen molar-refractivity contribution in [1.82, 2.24) is 4.90 Å². The van der Waals surface area contributed by atoms with Crippen molar-refractivity contribution >= 4 is 11.9 Å². The number of rotatable bonds is 8. The fourth-order valence-corrected chi connectivity index (χ4v) is 2.45. The van der Waals surface area contributed by atoms with Gasteiger partial charge in [0.15, 0.2) is 17.3 Å². The van der Waals surface area contributed by atoms with Crippen LogP contribution in [-0.4, -0.2) is 64.4 Å². The van der Waals surface area contributed by atoms with Gasteiger partial charge in [0, 0.05) is 19.6 Å². The average Bonchev–Trinajstić information content (AvgIpc) is 2.61. The first-order valence-electron chi connectivity index (χ1n) is 8.01. The number of hydrogen-bond acceptors (Lipinski definition) is 6. The molecule has 0 N–H and O–H groups in total. The smallest absolute Gasteiger partial charge is 0.203 e. The summed E-state index contributed by atoms with van der Waals surface area (Å²) in [5.74, 6) is 1.73. The van der Waals surface area contributed by atoms with Crippen LogP contribution in [0, 0.1) is 0 Å². The fraction of sp³-hybridized carbons (Fsp3) is 0.500. The van der Waals surface area contributed by atoms with Gasteiger partial charge in [0.05, 0.1) is 27.4 Å². The highest BCUT2D eigenvalue weighted by atomic mass is 16.5. The molecule has 0 unspecified atom stereocenters. The molecule has 0 saturated carbocycles. The standard InChI is InChI=1S/C18H25NO5/c1-14(20)4-5-15-12-16(21-2)18(17(13-15)22-3)24-11-8-19-6-9-23-10-7-19/h4-5,12-13H,6-11H2,1-3H3/b5-4+. The Hall–Kier alpha value is -2.05. The molecule has 1 aromatic carbocycles. The van der Waals surface area contributed by atoms with Gasteiger partial charge in [0.25, 0.3) is 0 Å². The van der Waals surface area contributed by atoms with Crippen molar-refractivity contribution in [3.8, 4) is 17.2 Å². The highest BCUT2D eigenvalue weighted by Crippen LogP contribution is 2.38. The largest absolute Gasteiger partial charge is 0.493 e. The lowest BCUT2D eigenvalue weighted by Crippen LogP contribution is -2.38. The number of ether oxygens (including phenoxy) is 4. The van der Waals surface area contributed by atoms with E-state index in [4.69, 9.17) is 18.9 Å². The van der Waals surface area contributed by atoms with Crippen LogP contribution in [0.4, 0.5) is 0 Å². The molecular formula is C18H25NO5. The highest BCUT2D eigenvalue weighted by Gasteiger charge is 2.15. The summed E-state index contributed by atoms with van der Waals surface area (Å²) in [6.45, 7) is 6.25. The number of carbonyl (C=O) groups excluding carboxylic acids is 1. The first-order chi connectivity index (χ1) is 11.6. The third kappa shape index (κ3) is 5.25. The van der Waals surface area contributed by atoms with Crippen molar-refractivity contribution in [3.63, 3.8) is 0 Å². The van der Waals surface area contributed by atoms with Crippen LogP contribution in [0.5, 0.6) is 17.2 Å². The molecule has 1 heterocycles. The molecule has 0 amide bonds. The van der Waals surface area contributed by atoms with E-state index in [9.17, 15) is 4.79 Å². The number of morpholine rings is 1. The minimum Gasteiger partial charge on any atom is -0.493 e. The third-order valence-electron chi connectivity index (χ3n) is 3.75. The Labute approximate surface area is 142 Å². The van der Waals surface area contributed by atoms with Gasteiger partial charge >= 0.3 is 0 Å². The zero-order chi connectivity index (χ0) is 17.4. The Morgan fingerprint density at radius 2 is 1.83 bits per heavy atom. The predicted octanol–water partition coefficient (Wildman–Crippen LogP) is 2.02. The zero-order valence-corrected chi connectivity index (χ0v) is 14.5. The summed E-state index contributed by atoms with van der Waals surface area (Å²) in [6.07, 6.45) is 3.23. The molecule has 1 aromatic rings. The van der Waals surface area contributed by atoms with Gasteiger partial charge in [0.2, 0.25) is 5.75 Å². The van der Waals surface area contributed by atoms with Gasteiger partial charge in [-0.05, 0) is 30.7 Å². The molecule has 0 radical (unpaired) electrons. The van der Waals surface area contributed by atoms with Crippen LogP contribution in [0.25, 0.3) is 6.08 Å². The van der Waals surface area contributed by atoms with E-state index in [0.717, 1.165) is 38.4 Å². The van der Waals surface area contributed by atoms with Crippen LogP contribution in [-0.2, 0) is 9.53 Å². The van der Waals surface area contributed by atoms with Gasteiger partial charge in [-0.15, -0.1) is 0 Å². The molecule has 24 heavy (non-hydrogen) atoms. The second-order valence-electron chi connectivity index (χ2n) is 5.50. The molecule has 0 aliphatic carbocycles. The minimum absolute atomic E-state index is 0.0150. The van der Waals surface area contributed by atoms with Crippen LogP contribution in [0.3, 0.4) is 0 Å². The number of nitrogens with zero attached hydrogens (tertiary/aromatic N) is 1. The van der Waals surface area contributed by atoms with Crippen molar-refractivity contribution in [1.29, 1.82) is 0 Å². The molecule has 1 aliphatic heterocycles. The number of allylic oxidation sites excluding steroid dienone is 1. The van der Waals surface area contributed by atoms with E-state index in [1.807, 2.05) is 12.1 Å². The fourth-order valence-electron chi connectivity index (χ4n) is 2.45. The van der Waals surface area contributed by atoms with E-state index >= 15 is 0 Å². The number of ketones is 1. The summed E-state index contributed by atoms with van der Waals surface area (Å²) in [5, 5.41) is 0. The Morgan fingerprint density at radius 1 is 1.21 bits per heavy atom. The van der Waals surface area contributed by atoms with Gasteiger partial charge in [0.1, 0.15) is 6.61 Å².